The van der Waals surface area contributed by atoms with Crippen molar-refractivity contribution in [3.63, 3.8) is 0 Å². The van der Waals surface area contributed by atoms with Gasteiger partial charge in [0.15, 0.2) is 0 Å². The van der Waals surface area contributed by atoms with Crippen molar-refractivity contribution >= 4 is 17.9 Å². The highest BCUT2D eigenvalue weighted by Crippen LogP contribution is 2.04. The fourth-order valence-electron chi connectivity index (χ4n) is 1.45. The molecule has 0 aromatic carbocycles. The fourth-order valence-corrected chi connectivity index (χ4v) is 1.45. The second-order valence-corrected chi connectivity index (χ2v) is 4.62. The Bertz CT molecular complexity index is 603. The molecule has 8 heteroatoms. The van der Waals surface area contributed by atoms with Crippen molar-refractivity contribution < 1.29 is 19.5 Å². The van der Waals surface area contributed by atoms with Gasteiger partial charge in [0, 0.05) is 37.6 Å². The van der Waals surface area contributed by atoms with E-state index in [0.717, 1.165) is 0 Å². The number of urea groups is 1. The first-order valence-corrected chi connectivity index (χ1v) is 6.17. The Morgan fingerprint density at radius 3 is 2.43 bits per heavy atom. The summed E-state index contributed by atoms with van der Waals surface area (Å²) in [5.41, 5.74) is -0.117. The van der Waals surface area contributed by atoms with Crippen LogP contribution in [0.1, 0.15) is 19.7 Å². The minimum Gasteiger partial charge on any atom is -0.478 e. The predicted molar refractivity (Wildman–Crippen MR) is 74.2 cm³/mol. The van der Waals surface area contributed by atoms with Crippen LogP contribution in [0, 0.1) is 0 Å². The topological polar surface area (TPSA) is 105 Å². The van der Waals surface area contributed by atoms with Gasteiger partial charge in [0.25, 0.3) is 5.91 Å². The van der Waals surface area contributed by atoms with Crippen LogP contribution in [-0.4, -0.2) is 44.5 Å². The number of carbonyl (C=O) groups excluding carboxylic acids is 2. The van der Waals surface area contributed by atoms with Crippen molar-refractivity contribution in [2.24, 2.45) is 7.05 Å². The molecule has 8 nitrogen and oxygen atoms in total. The van der Waals surface area contributed by atoms with Gasteiger partial charge >= 0.3 is 12.0 Å². The molecule has 0 spiro atoms. The first-order valence-electron chi connectivity index (χ1n) is 6.17. The number of amides is 3. The molecule has 1 heterocycles. The maximum Gasteiger partial charge on any atom is 0.331 e. The number of rotatable bonds is 4. The number of aromatic nitrogens is 2. The van der Waals surface area contributed by atoms with Gasteiger partial charge in [-0.15, -0.1) is 0 Å². The zero-order valence-electron chi connectivity index (χ0n) is 12.4. The van der Waals surface area contributed by atoms with E-state index in [1.54, 1.807) is 24.0 Å². The van der Waals surface area contributed by atoms with Crippen LogP contribution < -0.4 is 5.32 Å². The molecule has 0 aliphatic rings. The molecular weight excluding hydrogens is 276 g/mol. The lowest BCUT2D eigenvalue weighted by molar-refractivity contribution is -0.133. The molecule has 1 aromatic rings. The van der Waals surface area contributed by atoms with Gasteiger partial charge in [-0.2, -0.15) is 0 Å². The number of imidazole rings is 1. The van der Waals surface area contributed by atoms with E-state index in [-0.39, 0.29) is 17.7 Å². The van der Waals surface area contributed by atoms with E-state index in [0.29, 0.717) is 5.82 Å². The average Bonchev–Trinajstić information content (AvgIpc) is 2.82. The van der Waals surface area contributed by atoms with Gasteiger partial charge in [-0.3, -0.25) is 10.1 Å². The smallest absolute Gasteiger partial charge is 0.331 e. The monoisotopic (exact) mass is 294 g/mol. The Kier molecular flexibility index (Phi) is 5.23. The summed E-state index contributed by atoms with van der Waals surface area (Å²) < 4.78 is 1.76. The molecule has 0 saturated heterocycles. The van der Waals surface area contributed by atoms with Gasteiger partial charge < -0.3 is 14.6 Å². The number of nitrogens with zero attached hydrogens (tertiary/aromatic N) is 3. The second kappa shape index (κ2) is 6.69. The highest BCUT2D eigenvalue weighted by molar-refractivity contribution is 6.07. The van der Waals surface area contributed by atoms with E-state index in [9.17, 15) is 14.4 Å². The molecule has 0 bridgehead atoms. The van der Waals surface area contributed by atoms with Crippen LogP contribution in [0.3, 0.4) is 0 Å². The summed E-state index contributed by atoms with van der Waals surface area (Å²) in [7, 11) is 3.31. The summed E-state index contributed by atoms with van der Waals surface area (Å²) in [6.45, 7) is 2.88. The summed E-state index contributed by atoms with van der Waals surface area (Å²) in [6.07, 6.45) is 3.35. The molecule has 0 radical (unpaired) electrons. The Morgan fingerprint density at radius 2 is 1.95 bits per heavy atom. The van der Waals surface area contributed by atoms with Gasteiger partial charge in [0.05, 0.1) is 6.54 Å². The van der Waals surface area contributed by atoms with E-state index in [1.807, 2.05) is 0 Å². The SMILES string of the molecule is CC(C(=O)O)=C(C)C(=O)NC(=O)N(C)Cc1nccn1C. The predicted octanol–water partition coefficient (Wildman–Crippen LogP) is 0.509. The maximum atomic E-state index is 11.9. The number of hydrogen-bond acceptors (Lipinski definition) is 4. The maximum absolute atomic E-state index is 11.9. The highest BCUT2D eigenvalue weighted by atomic mass is 16.4. The Morgan fingerprint density at radius 1 is 1.33 bits per heavy atom. The van der Waals surface area contributed by atoms with Crippen molar-refractivity contribution in [2.45, 2.75) is 20.4 Å². The van der Waals surface area contributed by atoms with Crippen LogP contribution in [0.4, 0.5) is 4.79 Å². The molecule has 114 valence electrons. The standard InChI is InChI=1S/C13H18N4O4/c1-8(9(2)12(19)20)11(18)15-13(21)17(4)7-10-14-5-6-16(10)3/h5-6H,7H2,1-4H3,(H,19,20)(H,15,18,21). The lowest BCUT2D eigenvalue weighted by Gasteiger charge is -2.17. The number of imide groups is 1. The lowest BCUT2D eigenvalue weighted by atomic mass is 10.1. The van der Waals surface area contributed by atoms with Crippen molar-refractivity contribution in [1.82, 2.24) is 19.8 Å². The van der Waals surface area contributed by atoms with Crippen molar-refractivity contribution in [1.29, 1.82) is 0 Å². The fraction of sp³-hybridized carbons (Fsp3) is 0.385. The normalized spacial score (nSPS) is 11.6. The van der Waals surface area contributed by atoms with Gasteiger partial charge in [-0.1, -0.05) is 0 Å². The summed E-state index contributed by atoms with van der Waals surface area (Å²) in [5.74, 6) is -1.27. The molecule has 1 rings (SSSR count). The van der Waals surface area contributed by atoms with E-state index in [4.69, 9.17) is 5.11 Å². The van der Waals surface area contributed by atoms with Crippen molar-refractivity contribution in [2.75, 3.05) is 7.05 Å². The number of nitrogens with one attached hydrogen (secondary N) is 1. The molecule has 0 unspecified atom stereocenters. The number of aliphatic carboxylic acids is 1. The zero-order chi connectivity index (χ0) is 16.2. The van der Waals surface area contributed by atoms with Gasteiger partial charge in [0.1, 0.15) is 5.82 Å². The molecule has 1 aromatic heterocycles. The molecule has 3 amide bonds. The number of hydrogen-bond donors (Lipinski definition) is 2. The molecule has 0 aliphatic carbocycles. The van der Waals surface area contributed by atoms with Crippen LogP contribution in [0.25, 0.3) is 0 Å². The molecule has 0 saturated carbocycles. The number of aryl methyl sites for hydroxylation is 1. The molecule has 0 fully saturated rings. The van der Waals surface area contributed by atoms with Crippen molar-refractivity contribution in [3.8, 4) is 0 Å². The molecule has 0 atom stereocenters. The summed E-state index contributed by atoms with van der Waals surface area (Å²) in [6, 6.07) is -0.625. The summed E-state index contributed by atoms with van der Waals surface area (Å²) >= 11 is 0. The van der Waals surface area contributed by atoms with Crippen LogP contribution in [0.2, 0.25) is 0 Å². The second-order valence-electron chi connectivity index (χ2n) is 4.62. The number of carboxylic acids is 1. The quantitative estimate of drug-likeness (QED) is 0.787. The van der Waals surface area contributed by atoms with Gasteiger partial charge in [-0.25, -0.2) is 14.6 Å². The molecular formula is C13H18N4O4. The van der Waals surface area contributed by atoms with E-state index in [1.165, 1.54) is 25.8 Å². The highest BCUT2D eigenvalue weighted by Gasteiger charge is 2.18. The van der Waals surface area contributed by atoms with Crippen LogP contribution >= 0.6 is 0 Å². The largest absolute Gasteiger partial charge is 0.478 e. The van der Waals surface area contributed by atoms with E-state index < -0.39 is 17.9 Å². The summed E-state index contributed by atoms with van der Waals surface area (Å²) in [5, 5.41) is 10.9. The first kappa shape index (κ1) is 16.4. The Labute approximate surface area is 122 Å². The minimum atomic E-state index is -1.20. The third-order valence-electron chi connectivity index (χ3n) is 3.09. The lowest BCUT2D eigenvalue weighted by Crippen LogP contribution is -2.41. The molecule has 2 N–H and O–H groups in total. The Hall–Kier alpha value is -2.64. The molecule has 21 heavy (non-hydrogen) atoms. The third kappa shape index (κ3) is 4.16. The van der Waals surface area contributed by atoms with E-state index >= 15 is 0 Å². The number of carboxylic acid groups (broad SMARTS) is 1. The van der Waals surface area contributed by atoms with Crippen molar-refractivity contribution in [3.05, 3.63) is 29.4 Å². The zero-order valence-corrected chi connectivity index (χ0v) is 12.4. The molecule has 0 aliphatic heterocycles. The third-order valence-corrected chi connectivity index (χ3v) is 3.09. The minimum absolute atomic E-state index is 0.0127. The van der Waals surface area contributed by atoms with Crippen LogP contribution in [0.5, 0.6) is 0 Å². The van der Waals surface area contributed by atoms with Crippen LogP contribution in [0.15, 0.2) is 23.5 Å². The van der Waals surface area contributed by atoms with Crippen LogP contribution in [-0.2, 0) is 23.2 Å². The number of carbonyl (C=O) groups is 3. The first-order chi connectivity index (χ1) is 9.73. The van der Waals surface area contributed by atoms with E-state index in [2.05, 4.69) is 10.3 Å². The summed E-state index contributed by atoms with van der Waals surface area (Å²) in [4.78, 5) is 39.8. The van der Waals surface area contributed by atoms with Gasteiger partial charge in [0.2, 0.25) is 0 Å². The average molecular weight is 294 g/mol. The van der Waals surface area contributed by atoms with Gasteiger partial charge in [-0.05, 0) is 13.8 Å². The Balaban J connectivity index is 2.69.